The summed E-state index contributed by atoms with van der Waals surface area (Å²) in [5.41, 5.74) is 0.795. The van der Waals surface area contributed by atoms with E-state index in [0.29, 0.717) is 11.1 Å². The van der Waals surface area contributed by atoms with E-state index >= 15 is 0 Å². The normalized spacial score (nSPS) is 10.3. The van der Waals surface area contributed by atoms with E-state index in [4.69, 9.17) is 4.74 Å². The van der Waals surface area contributed by atoms with Crippen LogP contribution in [0.5, 0.6) is 11.5 Å². The second kappa shape index (κ2) is 5.82. The van der Waals surface area contributed by atoms with Crippen molar-refractivity contribution in [1.29, 1.82) is 0 Å². The minimum absolute atomic E-state index is 0.255. The molecule has 17 heavy (non-hydrogen) atoms. The van der Waals surface area contributed by atoms with E-state index in [9.17, 15) is 4.39 Å². The molecule has 0 amide bonds. The van der Waals surface area contributed by atoms with E-state index in [1.54, 1.807) is 6.07 Å². The van der Waals surface area contributed by atoms with Gasteiger partial charge in [0.15, 0.2) is 0 Å². The van der Waals surface area contributed by atoms with E-state index in [2.05, 4.69) is 38.5 Å². The van der Waals surface area contributed by atoms with Crippen LogP contribution in [-0.2, 0) is 5.33 Å². The van der Waals surface area contributed by atoms with Gasteiger partial charge in [0.2, 0.25) is 0 Å². The van der Waals surface area contributed by atoms with Crippen LogP contribution in [0.2, 0.25) is 0 Å². The van der Waals surface area contributed by atoms with Crippen LogP contribution in [0, 0.1) is 9.39 Å². The van der Waals surface area contributed by atoms with Crippen LogP contribution in [0.4, 0.5) is 4.39 Å². The van der Waals surface area contributed by atoms with Gasteiger partial charge >= 0.3 is 0 Å². The predicted octanol–water partition coefficient (Wildman–Crippen LogP) is 5.12. The zero-order valence-corrected chi connectivity index (χ0v) is 12.5. The summed E-state index contributed by atoms with van der Waals surface area (Å²) in [6, 6.07) is 12.2. The van der Waals surface area contributed by atoms with Gasteiger partial charge in [0, 0.05) is 14.5 Å². The Morgan fingerprint density at radius 3 is 2.71 bits per heavy atom. The van der Waals surface area contributed by atoms with E-state index in [0.717, 1.165) is 14.9 Å². The minimum Gasteiger partial charge on any atom is -0.457 e. The first-order valence-corrected chi connectivity index (χ1v) is 7.17. The van der Waals surface area contributed by atoms with Crippen molar-refractivity contribution in [2.75, 3.05) is 0 Å². The highest BCUT2D eigenvalue weighted by molar-refractivity contribution is 14.1. The van der Waals surface area contributed by atoms with Crippen LogP contribution in [0.25, 0.3) is 0 Å². The van der Waals surface area contributed by atoms with Gasteiger partial charge in [-0.25, -0.2) is 4.39 Å². The molecular formula is C13H9BrFIO. The second-order valence-corrected chi connectivity index (χ2v) is 5.25. The molecule has 2 aromatic rings. The fourth-order valence-corrected chi connectivity index (χ4v) is 2.36. The number of hydrogen-bond acceptors (Lipinski definition) is 1. The molecule has 0 N–H and O–H groups in total. The Bertz CT molecular complexity index is 531. The summed E-state index contributed by atoms with van der Waals surface area (Å²) in [6.07, 6.45) is 0. The fraction of sp³-hybridized carbons (Fsp3) is 0.0769. The average Bonchev–Trinajstić information content (AvgIpc) is 2.31. The highest BCUT2D eigenvalue weighted by atomic mass is 127. The number of rotatable bonds is 3. The lowest BCUT2D eigenvalue weighted by atomic mass is 10.2. The van der Waals surface area contributed by atoms with Crippen molar-refractivity contribution in [3.63, 3.8) is 0 Å². The van der Waals surface area contributed by atoms with Crippen molar-refractivity contribution >= 4 is 38.5 Å². The first-order valence-electron chi connectivity index (χ1n) is 4.97. The maximum Gasteiger partial charge on any atom is 0.131 e. The number of alkyl halides is 1. The molecule has 0 atom stereocenters. The molecule has 0 spiro atoms. The van der Waals surface area contributed by atoms with Crippen molar-refractivity contribution in [3.8, 4) is 11.5 Å². The number of benzene rings is 2. The molecule has 0 unspecified atom stereocenters. The molecule has 0 fully saturated rings. The summed E-state index contributed by atoms with van der Waals surface area (Å²) in [5, 5.41) is 0.560. The Morgan fingerprint density at radius 1 is 1.18 bits per heavy atom. The number of hydrogen-bond donors (Lipinski definition) is 0. The zero-order chi connectivity index (χ0) is 12.3. The van der Waals surface area contributed by atoms with E-state index in [1.807, 2.05) is 24.3 Å². The minimum atomic E-state index is -0.255. The van der Waals surface area contributed by atoms with Crippen molar-refractivity contribution in [2.24, 2.45) is 0 Å². The van der Waals surface area contributed by atoms with Gasteiger partial charge in [0.1, 0.15) is 17.3 Å². The molecule has 0 heterocycles. The van der Waals surface area contributed by atoms with Crippen LogP contribution in [0.1, 0.15) is 5.56 Å². The lowest BCUT2D eigenvalue weighted by Crippen LogP contribution is -1.91. The van der Waals surface area contributed by atoms with Crippen molar-refractivity contribution in [1.82, 2.24) is 0 Å². The molecule has 2 rings (SSSR count). The first-order chi connectivity index (χ1) is 8.19. The molecule has 0 bridgehead atoms. The van der Waals surface area contributed by atoms with E-state index < -0.39 is 0 Å². The topological polar surface area (TPSA) is 9.23 Å². The third-order valence-electron chi connectivity index (χ3n) is 2.19. The van der Waals surface area contributed by atoms with E-state index in [1.165, 1.54) is 12.1 Å². The van der Waals surface area contributed by atoms with Crippen LogP contribution in [-0.4, -0.2) is 0 Å². The highest BCUT2D eigenvalue weighted by Gasteiger charge is 2.05. The van der Waals surface area contributed by atoms with Gasteiger partial charge in [-0.15, -0.1) is 0 Å². The monoisotopic (exact) mass is 406 g/mol. The summed E-state index contributed by atoms with van der Waals surface area (Å²) in [5.74, 6) is 1.17. The summed E-state index contributed by atoms with van der Waals surface area (Å²) < 4.78 is 19.9. The van der Waals surface area contributed by atoms with E-state index in [-0.39, 0.29) is 5.82 Å². The average molecular weight is 407 g/mol. The quantitative estimate of drug-likeness (QED) is 0.508. The Hall–Kier alpha value is -0.620. The standard InChI is InChI=1S/C13H9BrFIO/c14-8-9-6-10(15)4-5-13(9)17-12-3-1-2-11(16)7-12/h1-7H,8H2. The summed E-state index contributed by atoms with van der Waals surface area (Å²) in [6.45, 7) is 0. The van der Waals surface area contributed by atoms with Gasteiger partial charge in [-0.3, -0.25) is 0 Å². The van der Waals surface area contributed by atoms with Gasteiger partial charge in [0.25, 0.3) is 0 Å². The molecule has 0 saturated carbocycles. The molecule has 88 valence electrons. The lowest BCUT2D eigenvalue weighted by molar-refractivity contribution is 0.476. The first kappa shape index (κ1) is 12.8. The third-order valence-corrected chi connectivity index (χ3v) is 3.47. The molecular weight excluding hydrogens is 398 g/mol. The van der Waals surface area contributed by atoms with Gasteiger partial charge in [-0.2, -0.15) is 0 Å². The molecule has 0 aromatic heterocycles. The lowest BCUT2D eigenvalue weighted by Gasteiger charge is -2.09. The predicted molar refractivity (Wildman–Crippen MR) is 78.3 cm³/mol. The molecule has 0 aliphatic carbocycles. The number of halogens is 3. The third kappa shape index (κ3) is 3.42. The zero-order valence-electron chi connectivity index (χ0n) is 8.79. The SMILES string of the molecule is Fc1ccc(Oc2cccc(I)c2)c(CBr)c1. The van der Waals surface area contributed by atoms with Crippen LogP contribution in [0.15, 0.2) is 42.5 Å². The Labute approximate surface area is 121 Å². The Morgan fingerprint density at radius 2 is 2.00 bits per heavy atom. The Balaban J connectivity index is 2.29. The molecule has 4 heteroatoms. The number of ether oxygens (including phenoxy) is 1. The smallest absolute Gasteiger partial charge is 0.131 e. The van der Waals surface area contributed by atoms with Gasteiger partial charge in [-0.1, -0.05) is 22.0 Å². The highest BCUT2D eigenvalue weighted by Crippen LogP contribution is 2.28. The van der Waals surface area contributed by atoms with Gasteiger partial charge < -0.3 is 4.74 Å². The molecule has 0 saturated heterocycles. The van der Waals surface area contributed by atoms with Gasteiger partial charge in [0.05, 0.1) is 0 Å². The molecule has 0 aliphatic heterocycles. The van der Waals surface area contributed by atoms with Gasteiger partial charge in [-0.05, 0) is 59.0 Å². The maximum atomic E-state index is 13.1. The second-order valence-electron chi connectivity index (χ2n) is 3.45. The Kier molecular flexibility index (Phi) is 4.39. The van der Waals surface area contributed by atoms with Crippen molar-refractivity contribution in [3.05, 3.63) is 57.4 Å². The van der Waals surface area contributed by atoms with Crippen molar-refractivity contribution in [2.45, 2.75) is 5.33 Å². The molecule has 1 nitrogen and oxygen atoms in total. The summed E-state index contributed by atoms with van der Waals surface area (Å²) in [4.78, 5) is 0. The van der Waals surface area contributed by atoms with Crippen LogP contribution >= 0.6 is 38.5 Å². The van der Waals surface area contributed by atoms with Crippen LogP contribution in [0.3, 0.4) is 0 Å². The fourth-order valence-electron chi connectivity index (χ4n) is 1.41. The summed E-state index contributed by atoms with van der Waals surface area (Å²) >= 11 is 5.54. The summed E-state index contributed by atoms with van der Waals surface area (Å²) in [7, 11) is 0. The molecule has 0 radical (unpaired) electrons. The largest absolute Gasteiger partial charge is 0.457 e. The molecule has 0 aliphatic rings. The maximum absolute atomic E-state index is 13.1. The van der Waals surface area contributed by atoms with Crippen LogP contribution < -0.4 is 4.74 Å². The molecule has 2 aromatic carbocycles. The van der Waals surface area contributed by atoms with Crippen molar-refractivity contribution < 1.29 is 9.13 Å².